The van der Waals surface area contributed by atoms with Crippen LogP contribution in [-0.2, 0) is 6.42 Å². The third-order valence-electron chi connectivity index (χ3n) is 2.98. The molecule has 0 saturated heterocycles. The van der Waals surface area contributed by atoms with Crippen molar-refractivity contribution >= 4 is 6.08 Å². The molecule has 0 unspecified atom stereocenters. The number of benzene rings is 2. The minimum Gasteiger partial charge on any atom is -0.206 e. The summed E-state index contributed by atoms with van der Waals surface area (Å²) >= 11 is 0. The molecule has 0 aliphatic heterocycles. The first-order valence-electron chi connectivity index (χ1n) is 6.39. The van der Waals surface area contributed by atoms with E-state index in [1.165, 1.54) is 11.6 Å². The van der Waals surface area contributed by atoms with Crippen molar-refractivity contribution < 1.29 is 4.39 Å². The van der Waals surface area contributed by atoms with Crippen molar-refractivity contribution in [2.24, 2.45) is 0 Å². The van der Waals surface area contributed by atoms with Gasteiger partial charge in [0, 0.05) is 5.56 Å². The molecule has 0 amide bonds. The van der Waals surface area contributed by atoms with E-state index >= 15 is 0 Å². The summed E-state index contributed by atoms with van der Waals surface area (Å²) in [5.74, 6) is -0.156. The molecular formula is C17H17F. The third kappa shape index (κ3) is 2.21. The zero-order valence-corrected chi connectivity index (χ0v) is 10.8. The van der Waals surface area contributed by atoms with Crippen molar-refractivity contribution in [3.63, 3.8) is 0 Å². The van der Waals surface area contributed by atoms with E-state index in [0.717, 1.165) is 17.5 Å². The Morgan fingerprint density at radius 3 is 2.39 bits per heavy atom. The quantitative estimate of drug-likeness (QED) is 0.651. The first kappa shape index (κ1) is 12.6. The average molecular weight is 240 g/mol. The zero-order valence-electron chi connectivity index (χ0n) is 10.8. The average Bonchev–Trinajstić information content (AvgIpc) is 2.90. The molecule has 2 aromatic rings. The molecule has 2 aromatic carbocycles. The van der Waals surface area contributed by atoms with Gasteiger partial charge in [0.15, 0.2) is 0 Å². The number of allylic oxidation sites excluding steroid dienone is 1. The molecule has 92 valence electrons. The highest BCUT2D eigenvalue weighted by atomic mass is 19.1. The molecule has 0 atom stereocenters. The molecule has 0 nitrogen and oxygen atoms in total. The summed E-state index contributed by atoms with van der Waals surface area (Å²) < 4.78 is 13.7. The molecule has 0 N–H and O–H groups in total. The van der Waals surface area contributed by atoms with Gasteiger partial charge in [-0.3, -0.25) is 0 Å². The summed E-state index contributed by atoms with van der Waals surface area (Å²) in [4.78, 5) is 0. The normalized spacial score (nSPS) is 11.7. The maximum absolute atomic E-state index is 13.7. The van der Waals surface area contributed by atoms with E-state index in [0.29, 0.717) is 5.56 Å². The van der Waals surface area contributed by atoms with Crippen molar-refractivity contribution in [1.29, 1.82) is 0 Å². The van der Waals surface area contributed by atoms with Gasteiger partial charge in [-0.2, -0.15) is 0 Å². The molecule has 0 fully saturated rings. The monoisotopic (exact) mass is 240 g/mol. The molecule has 0 saturated carbocycles. The second-order valence-corrected chi connectivity index (χ2v) is 3.96. The minimum atomic E-state index is -0.156. The smallest absolute Gasteiger partial charge is 0.131 e. The molecule has 1 heteroatoms. The fourth-order valence-electron chi connectivity index (χ4n) is 2.21. The van der Waals surface area contributed by atoms with Crippen molar-refractivity contribution in [3.8, 4) is 11.1 Å². The van der Waals surface area contributed by atoms with Gasteiger partial charge in [-0.15, -0.1) is 0 Å². The third-order valence-corrected chi connectivity index (χ3v) is 2.98. The van der Waals surface area contributed by atoms with Gasteiger partial charge >= 0.3 is 0 Å². The zero-order chi connectivity index (χ0) is 13.0. The standard InChI is InChI=1S/C15H11F.C2H6/c16-15-10-2-1-7-14(15)13-9-4-6-11-5-3-8-12(11)13;1-2/h1-4,6-10H,5H2;1-2H3. The molecule has 0 bridgehead atoms. The van der Waals surface area contributed by atoms with Crippen LogP contribution in [-0.4, -0.2) is 0 Å². The van der Waals surface area contributed by atoms with Gasteiger partial charge in [0.05, 0.1) is 0 Å². The summed E-state index contributed by atoms with van der Waals surface area (Å²) in [6, 6.07) is 13.0. The van der Waals surface area contributed by atoms with Crippen molar-refractivity contribution in [1.82, 2.24) is 0 Å². The number of fused-ring (bicyclic) bond motifs is 1. The molecule has 0 spiro atoms. The van der Waals surface area contributed by atoms with Crippen molar-refractivity contribution in [2.75, 3.05) is 0 Å². The van der Waals surface area contributed by atoms with E-state index < -0.39 is 0 Å². The largest absolute Gasteiger partial charge is 0.206 e. The lowest BCUT2D eigenvalue weighted by atomic mass is 9.97. The van der Waals surface area contributed by atoms with Gasteiger partial charge in [-0.25, -0.2) is 4.39 Å². The highest BCUT2D eigenvalue weighted by Gasteiger charge is 2.12. The highest BCUT2D eigenvalue weighted by Crippen LogP contribution is 2.32. The van der Waals surface area contributed by atoms with E-state index in [4.69, 9.17) is 0 Å². The van der Waals surface area contributed by atoms with Gasteiger partial charge in [0.2, 0.25) is 0 Å². The maximum atomic E-state index is 13.7. The van der Waals surface area contributed by atoms with Crippen LogP contribution < -0.4 is 0 Å². The predicted octanol–water partition coefficient (Wildman–Crippen LogP) is 5.09. The van der Waals surface area contributed by atoms with Crippen LogP contribution in [0.3, 0.4) is 0 Å². The summed E-state index contributed by atoms with van der Waals surface area (Å²) in [7, 11) is 0. The summed E-state index contributed by atoms with van der Waals surface area (Å²) in [6.07, 6.45) is 5.16. The molecule has 18 heavy (non-hydrogen) atoms. The second-order valence-electron chi connectivity index (χ2n) is 3.96. The molecule has 0 aromatic heterocycles. The summed E-state index contributed by atoms with van der Waals surface area (Å²) in [5.41, 5.74) is 4.11. The van der Waals surface area contributed by atoms with Crippen LogP contribution in [0.25, 0.3) is 17.2 Å². The van der Waals surface area contributed by atoms with Crippen LogP contribution in [0, 0.1) is 5.82 Å². The summed E-state index contributed by atoms with van der Waals surface area (Å²) in [6.45, 7) is 4.00. The van der Waals surface area contributed by atoms with E-state index in [-0.39, 0.29) is 5.82 Å². The van der Waals surface area contributed by atoms with Crippen LogP contribution in [0.1, 0.15) is 25.0 Å². The van der Waals surface area contributed by atoms with E-state index in [1.54, 1.807) is 6.07 Å². The second kappa shape index (κ2) is 5.63. The van der Waals surface area contributed by atoms with E-state index in [1.807, 2.05) is 38.1 Å². The fraction of sp³-hybridized carbons (Fsp3) is 0.176. The first-order valence-corrected chi connectivity index (χ1v) is 6.39. The molecule has 0 heterocycles. The van der Waals surface area contributed by atoms with Gasteiger partial charge < -0.3 is 0 Å². The molecule has 0 radical (unpaired) electrons. The lowest BCUT2D eigenvalue weighted by Crippen LogP contribution is -1.89. The van der Waals surface area contributed by atoms with Gasteiger partial charge in [0.25, 0.3) is 0 Å². The number of halogens is 1. The van der Waals surface area contributed by atoms with Crippen LogP contribution in [0.4, 0.5) is 4.39 Å². The maximum Gasteiger partial charge on any atom is 0.131 e. The van der Waals surface area contributed by atoms with E-state index in [9.17, 15) is 4.39 Å². The predicted molar refractivity (Wildman–Crippen MR) is 75.9 cm³/mol. The lowest BCUT2D eigenvalue weighted by Gasteiger charge is -2.08. The Balaban J connectivity index is 0.000000574. The highest BCUT2D eigenvalue weighted by molar-refractivity contribution is 5.79. The van der Waals surface area contributed by atoms with Gasteiger partial charge in [0.1, 0.15) is 5.82 Å². The Labute approximate surface area is 108 Å². The fourth-order valence-corrected chi connectivity index (χ4v) is 2.21. The van der Waals surface area contributed by atoms with Crippen LogP contribution in [0.15, 0.2) is 48.5 Å². The molecule has 3 rings (SSSR count). The Hall–Kier alpha value is -1.89. The minimum absolute atomic E-state index is 0.156. The molecule has 1 aliphatic carbocycles. The summed E-state index contributed by atoms with van der Waals surface area (Å²) in [5, 5.41) is 0. The topological polar surface area (TPSA) is 0 Å². The van der Waals surface area contributed by atoms with E-state index in [2.05, 4.69) is 18.2 Å². The Kier molecular flexibility index (Phi) is 3.93. The lowest BCUT2D eigenvalue weighted by molar-refractivity contribution is 0.631. The number of hydrogen-bond donors (Lipinski definition) is 0. The van der Waals surface area contributed by atoms with Gasteiger partial charge in [-0.05, 0) is 29.2 Å². The Bertz CT molecular complexity index is 568. The van der Waals surface area contributed by atoms with Crippen LogP contribution >= 0.6 is 0 Å². The van der Waals surface area contributed by atoms with Crippen molar-refractivity contribution in [3.05, 3.63) is 65.5 Å². The Morgan fingerprint density at radius 2 is 1.61 bits per heavy atom. The SMILES string of the molecule is CC.Fc1ccccc1-c1cccc2c1C=CC2. The number of rotatable bonds is 1. The van der Waals surface area contributed by atoms with Crippen LogP contribution in [0.2, 0.25) is 0 Å². The molecule has 1 aliphatic rings. The van der Waals surface area contributed by atoms with Crippen LogP contribution in [0.5, 0.6) is 0 Å². The van der Waals surface area contributed by atoms with Gasteiger partial charge in [-0.1, -0.05) is 62.4 Å². The van der Waals surface area contributed by atoms with Crippen molar-refractivity contribution in [2.45, 2.75) is 20.3 Å². The number of hydrogen-bond acceptors (Lipinski definition) is 0. The molecular weight excluding hydrogens is 223 g/mol. The first-order chi connectivity index (χ1) is 8.86. The Morgan fingerprint density at radius 1 is 0.889 bits per heavy atom.